The Labute approximate surface area is 179 Å². The third kappa shape index (κ3) is 10.6. The van der Waals surface area contributed by atoms with Gasteiger partial charge in [0.05, 0.1) is 19.3 Å². The number of aromatic amines is 1. The fraction of sp³-hybridized carbons (Fsp3) is 0.391. The first-order chi connectivity index (χ1) is 14.4. The standard InChI is InChI=1S/C14H16N2O2.C7H13NO2.C2H6/c1-10-7-12(15-8-10)14(18)16-13(9-17)11-5-3-2-4-6-11;1-8(2)4-7(5-9)6-10-3;1-2/h2-8,13,15,17H,9H2,1H3,(H,16,18);4-5H,6H2,1-3H3;1-2H3/b;7-4-;. The molecule has 0 aliphatic carbocycles. The van der Waals surface area contributed by atoms with Crippen LogP contribution < -0.4 is 5.32 Å². The SMILES string of the molecule is CC.COC/C(C=O)=C\N(C)C.Cc1c[nH]c(C(=O)NC(CO)c2ccccc2)c1. The van der Waals surface area contributed by atoms with Gasteiger partial charge in [-0.05, 0) is 24.1 Å². The molecule has 0 radical (unpaired) electrons. The molecule has 7 heteroatoms. The average Bonchev–Trinajstić information content (AvgIpc) is 3.20. The maximum Gasteiger partial charge on any atom is 0.268 e. The number of aliphatic hydroxyl groups is 1. The molecule has 166 valence electrons. The minimum Gasteiger partial charge on any atom is -0.394 e. The number of hydrogen-bond acceptors (Lipinski definition) is 5. The van der Waals surface area contributed by atoms with Crippen LogP contribution in [0.1, 0.15) is 41.5 Å². The Bertz CT molecular complexity index is 755. The van der Waals surface area contributed by atoms with Crippen LogP contribution in [0.25, 0.3) is 0 Å². The van der Waals surface area contributed by atoms with Crippen LogP contribution in [0.5, 0.6) is 0 Å². The molecule has 0 aliphatic rings. The van der Waals surface area contributed by atoms with Gasteiger partial charge in [0.2, 0.25) is 0 Å². The van der Waals surface area contributed by atoms with E-state index >= 15 is 0 Å². The summed E-state index contributed by atoms with van der Waals surface area (Å²) in [5.41, 5.74) is 3.03. The van der Waals surface area contributed by atoms with Gasteiger partial charge in [-0.15, -0.1) is 0 Å². The smallest absolute Gasteiger partial charge is 0.268 e. The molecule has 1 unspecified atom stereocenters. The number of benzene rings is 1. The highest BCUT2D eigenvalue weighted by Gasteiger charge is 2.15. The van der Waals surface area contributed by atoms with Crippen LogP contribution >= 0.6 is 0 Å². The van der Waals surface area contributed by atoms with E-state index < -0.39 is 0 Å². The Morgan fingerprint density at radius 3 is 2.33 bits per heavy atom. The largest absolute Gasteiger partial charge is 0.394 e. The summed E-state index contributed by atoms with van der Waals surface area (Å²) >= 11 is 0. The number of aldehydes is 1. The first-order valence-corrected chi connectivity index (χ1v) is 9.84. The molecule has 30 heavy (non-hydrogen) atoms. The van der Waals surface area contributed by atoms with E-state index in [-0.39, 0.29) is 18.6 Å². The number of ether oxygens (including phenoxy) is 1. The van der Waals surface area contributed by atoms with Crippen molar-refractivity contribution in [3.05, 3.63) is 71.2 Å². The van der Waals surface area contributed by atoms with E-state index in [4.69, 9.17) is 4.74 Å². The van der Waals surface area contributed by atoms with Crippen LogP contribution in [0.4, 0.5) is 0 Å². The molecule has 7 nitrogen and oxygen atoms in total. The second-order valence-electron chi connectivity index (χ2n) is 6.43. The lowest BCUT2D eigenvalue weighted by Gasteiger charge is -2.16. The predicted octanol–water partition coefficient (Wildman–Crippen LogP) is 3.09. The Balaban J connectivity index is 0.000000600. The van der Waals surface area contributed by atoms with Crippen LogP contribution in [0, 0.1) is 6.92 Å². The molecule has 1 amide bonds. The highest BCUT2D eigenvalue weighted by atomic mass is 16.5. The zero-order valence-electron chi connectivity index (χ0n) is 18.8. The zero-order chi connectivity index (χ0) is 22.9. The summed E-state index contributed by atoms with van der Waals surface area (Å²) in [4.78, 5) is 26.9. The van der Waals surface area contributed by atoms with Gasteiger partial charge in [0.15, 0.2) is 0 Å². The van der Waals surface area contributed by atoms with E-state index in [0.717, 1.165) is 17.4 Å². The van der Waals surface area contributed by atoms with Crippen molar-refractivity contribution in [3.8, 4) is 0 Å². The molecule has 1 aromatic heterocycles. The van der Waals surface area contributed by atoms with Gasteiger partial charge in [0.25, 0.3) is 5.91 Å². The van der Waals surface area contributed by atoms with Crippen molar-refractivity contribution >= 4 is 12.2 Å². The quantitative estimate of drug-likeness (QED) is 0.453. The minimum atomic E-state index is -0.387. The third-order valence-electron chi connectivity index (χ3n) is 3.65. The Morgan fingerprint density at radius 2 is 1.90 bits per heavy atom. The van der Waals surface area contributed by atoms with Gasteiger partial charge in [0.1, 0.15) is 12.0 Å². The minimum absolute atomic E-state index is 0.130. The van der Waals surface area contributed by atoms with Crippen LogP contribution in [0.15, 0.2) is 54.4 Å². The monoisotopic (exact) mass is 417 g/mol. The summed E-state index contributed by atoms with van der Waals surface area (Å²) in [6.07, 6.45) is 4.30. The lowest BCUT2D eigenvalue weighted by atomic mass is 10.1. The molecule has 1 aromatic carbocycles. The number of aliphatic hydroxyl groups excluding tert-OH is 1. The molecule has 1 atom stereocenters. The number of methoxy groups -OCH3 is 1. The number of aromatic nitrogens is 1. The van der Waals surface area contributed by atoms with Gasteiger partial charge in [-0.3, -0.25) is 9.59 Å². The summed E-state index contributed by atoms with van der Waals surface area (Å²) in [5, 5.41) is 12.1. The normalized spacial score (nSPS) is 11.2. The molecule has 0 saturated heterocycles. The number of nitrogens with zero attached hydrogens (tertiary/aromatic N) is 1. The van der Waals surface area contributed by atoms with Crippen molar-refractivity contribution in [1.29, 1.82) is 0 Å². The van der Waals surface area contributed by atoms with E-state index in [1.807, 2.05) is 70.1 Å². The molecule has 1 heterocycles. The topological polar surface area (TPSA) is 94.7 Å². The van der Waals surface area contributed by atoms with Gasteiger partial charge < -0.3 is 25.0 Å². The van der Waals surface area contributed by atoms with Crippen LogP contribution in [0.2, 0.25) is 0 Å². The lowest BCUT2D eigenvalue weighted by molar-refractivity contribution is -0.105. The van der Waals surface area contributed by atoms with Crippen molar-refractivity contribution in [3.63, 3.8) is 0 Å². The summed E-state index contributed by atoms with van der Waals surface area (Å²) in [6.45, 7) is 6.16. The van der Waals surface area contributed by atoms with Crippen LogP contribution in [-0.2, 0) is 9.53 Å². The Morgan fingerprint density at radius 1 is 1.27 bits per heavy atom. The van der Waals surface area contributed by atoms with E-state index in [0.29, 0.717) is 17.9 Å². The van der Waals surface area contributed by atoms with Crippen molar-refractivity contribution in [2.24, 2.45) is 0 Å². The van der Waals surface area contributed by atoms with Crippen LogP contribution in [-0.4, -0.2) is 61.6 Å². The maximum absolute atomic E-state index is 11.9. The average molecular weight is 418 g/mol. The van der Waals surface area contributed by atoms with Gasteiger partial charge in [-0.1, -0.05) is 44.2 Å². The second kappa shape index (κ2) is 16.0. The Kier molecular flexibility index (Phi) is 14.4. The van der Waals surface area contributed by atoms with Gasteiger partial charge >= 0.3 is 0 Å². The van der Waals surface area contributed by atoms with E-state index in [9.17, 15) is 14.7 Å². The fourth-order valence-corrected chi connectivity index (χ4v) is 2.39. The first-order valence-electron chi connectivity index (χ1n) is 9.84. The highest BCUT2D eigenvalue weighted by molar-refractivity contribution is 5.92. The summed E-state index contributed by atoms with van der Waals surface area (Å²) in [6, 6.07) is 10.8. The first kappa shape index (κ1) is 27.1. The van der Waals surface area contributed by atoms with Gasteiger partial charge in [-0.2, -0.15) is 0 Å². The van der Waals surface area contributed by atoms with E-state index in [1.165, 1.54) is 0 Å². The molecule has 2 rings (SSSR count). The predicted molar refractivity (Wildman–Crippen MR) is 120 cm³/mol. The number of nitrogens with one attached hydrogen (secondary N) is 2. The number of carbonyl (C=O) groups is 2. The molecule has 0 fully saturated rings. The fourth-order valence-electron chi connectivity index (χ4n) is 2.39. The Hall–Kier alpha value is -2.90. The number of carbonyl (C=O) groups excluding carboxylic acids is 2. The van der Waals surface area contributed by atoms with E-state index in [1.54, 1.807) is 25.6 Å². The number of aryl methyl sites for hydroxylation is 1. The van der Waals surface area contributed by atoms with Crippen LogP contribution in [0.3, 0.4) is 0 Å². The van der Waals surface area contributed by atoms with Crippen molar-refractivity contribution in [2.45, 2.75) is 26.8 Å². The van der Waals surface area contributed by atoms with Gasteiger partial charge in [0, 0.05) is 39.2 Å². The second-order valence-corrected chi connectivity index (χ2v) is 6.43. The van der Waals surface area contributed by atoms with Crippen molar-refractivity contribution in [1.82, 2.24) is 15.2 Å². The highest BCUT2D eigenvalue weighted by Crippen LogP contribution is 2.12. The maximum atomic E-state index is 11.9. The molecule has 0 aliphatic heterocycles. The molecule has 0 saturated carbocycles. The lowest BCUT2D eigenvalue weighted by Crippen LogP contribution is -2.30. The number of amides is 1. The summed E-state index contributed by atoms with van der Waals surface area (Å²) in [7, 11) is 5.28. The van der Waals surface area contributed by atoms with Gasteiger partial charge in [-0.25, -0.2) is 0 Å². The summed E-state index contributed by atoms with van der Waals surface area (Å²) < 4.78 is 4.77. The summed E-state index contributed by atoms with van der Waals surface area (Å²) in [5.74, 6) is -0.217. The number of rotatable bonds is 8. The molecular weight excluding hydrogens is 382 g/mol. The van der Waals surface area contributed by atoms with Crippen molar-refractivity contribution < 1.29 is 19.4 Å². The zero-order valence-corrected chi connectivity index (χ0v) is 18.8. The molecule has 2 aromatic rings. The van der Waals surface area contributed by atoms with E-state index in [2.05, 4.69) is 10.3 Å². The molecular formula is C23H35N3O4. The number of H-pyrrole nitrogens is 1. The molecule has 3 N–H and O–H groups in total. The molecule has 0 spiro atoms. The third-order valence-corrected chi connectivity index (χ3v) is 3.65. The number of hydrogen-bond donors (Lipinski definition) is 3. The molecule has 0 bridgehead atoms. The van der Waals surface area contributed by atoms with Crippen molar-refractivity contribution in [2.75, 3.05) is 34.4 Å².